The Kier molecular flexibility index (Phi) is 4.88. The van der Waals surface area contributed by atoms with E-state index in [0.29, 0.717) is 20.8 Å². The molecule has 0 aliphatic carbocycles. The molecule has 1 aromatic carbocycles. The van der Waals surface area contributed by atoms with E-state index in [4.69, 9.17) is 35.4 Å². The fourth-order valence-electron chi connectivity index (χ4n) is 2.51. The third kappa shape index (κ3) is 2.82. The van der Waals surface area contributed by atoms with Crippen LogP contribution in [0.1, 0.15) is 24.8 Å². The van der Waals surface area contributed by atoms with Crippen LogP contribution in [0.4, 0.5) is 0 Å². The van der Waals surface area contributed by atoms with Crippen molar-refractivity contribution in [1.82, 2.24) is 5.32 Å². The van der Waals surface area contributed by atoms with Crippen LogP contribution in [-0.4, -0.2) is 22.0 Å². The van der Waals surface area contributed by atoms with Crippen LogP contribution in [0.5, 0.6) is 0 Å². The van der Waals surface area contributed by atoms with Crippen LogP contribution in [0.15, 0.2) is 18.2 Å². The van der Waals surface area contributed by atoms with Gasteiger partial charge in [-0.2, -0.15) is 0 Å². The summed E-state index contributed by atoms with van der Waals surface area (Å²) in [5, 5.41) is 4.09. The summed E-state index contributed by atoms with van der Waals surface area (Å²) in [6, 6.07) is 5.31. The zero-order valence-electron chi connectivity index (χ0n) is 10.5. The average Bonchev–Trinajstić information content (AvgIpc) is 2.37. The Morgan fingerprint density at radius 3 is 2.47 bits per heavy atom. The minimum atomic E-state index is -1.06. The molecule has 1 fully saturated rings. The summed E-state index contributed by atoms with van der Waals surface area (Å²) in [6.07, 6.45) is 2.72. The van der Waals surface area contributed by atoms with E-state index in [9.17, 15) is 4.21 Å². The van der Waals surface area contributed by atoms with Crippen LogP contribution in [0.2, 0.25) is 10.0 Å². The second kappa shape index (κ2) is 6.08. The molecule has 2 atom stereocenters. The molecular formula is C13H15Cl2NOS2. The van der Waals surface area contributed by atoms with Crippen molar-refractivity contribution in [1.29, 1.82) is 0 Å². The Morgan fingerprint density at radius 1 is 1.32 bits per heavy atom. The highest BCUT2D eigenvalue weighted by Crippen LogP contribution is 2.40. The van der Waals surface area contributed by atoms with E-state index in [-0.39, 0.29) is 0 Å². The van der Waals surface area contributed by atoms with Crippen molar-refractivity contribution in [3.63, 3.8) is 0 Å². The SMILES string of the molecule is CNC(=S)[C@]1(c2cc(Cl)cc(Cl)c2)CCCC[S@]1=O. The fraction of sp³-hybridized carbons (Fsp3) is 0.462. The highest BCUT2D eigenvalue weighted by atomic mass is 35.5. The van der Waals surface area contributed by atoms with Crippen molar-refractivity contribution in [3.05, 3.63) is 33.8 Å². The first kappa shape index (κ1) is 15.2. The van der Waals surface area contributed by atoms with Crippen LogP contribution in [-0.2, 0) is 15.5 Å². The summed E-state index contributed by atoms with van der Waals surface area (Å²) in [4.78, 5) is 0.601. The lowest BCUT2D eigenvalue weighted by molar-refractivity contribution is 0.574. The van der Waals surface area contributed by atoms with Gasteiger partial charge in [0.25, 0.3) is 0 Å². The maximum Gasteiger partial charge on any atom is 0.121 e. The van der Waals surface area contributed by atoms with E-state index in [0.717, 1.165) is 24.8 Å². The molecule has 1 aromatic rings. The van der Waals surface area contributed by atoms with Crippen molar-refractivity contribution in [3.8, 4) is 0 Å². The Hall–Kier alpha value is -0.160. The number of thiocarbonyl (C=S) groups is 1. The van der Waals surface area contributed by atoms with Crippen LogP contribution >= 0.6 is 35.4 Å². The minimum absolute atomic E-state index is 0.545. The summed E-state index contributed by atoms with van der Waals surface area (Å²) >= 11 is 17.6. The van der Waals surface area contributed by atoms with Crippen LogP contribution in [0, 0.1) is 0 Å². The Balaban J connectivity index is 2.60. The molecule has 0 saturated carbocycles. The fourth-order valence-corrected chi connectivity index (χ4v) is 5.41. The molecule has 0 unspecified atom stereocenters. The standard InChI is InChI=1S/C13H15Cl2NOS2/c1-16-12(18)13(4-2-3-5-19(13)17)9-6-10(14)8-11(15)7-9/h6-8H,2-5H2,1H3,(H,16,18)/t13-,19-/m1/s1. The van der Waals surface area contributed by atoms with Crippen molar-refractivity contribution < 1.29 is 4.21 Å². The molecule has 1 N–H and O–H groups in total. The van der Waals surface area contributed by atoms with Crippen molar-refractivity contribution in [2.45, 2.75) is 24.0 Å². The van der Waals surface area contributed by atoms with Crippen LogP contribution in [0.25, 0.3) is 0 Å². The third-order valence-electron chi connectivity index (χ3n) is 3.42. The van der Waals surface area contributed by atoms with Crippen molar-refractivity contribution in [2.75, 3.05) is 12.8 Å². The molecule has 0 amide bonds. The first-order valence-corrected chi connectivity index (χ1v) is 8.56. The molecule has 19 heavy (non-hydrogen) atoms. The van der Waals surface area contributed by atoms with Gasteiger partial charge in [0.2, 0.25) is 0 Å². The van der Waals surface area contributed by atoms with Gasteiger partial charge in [0, 0.05) is 33.6 Å². The molecular weight excluding hydrogens is 321 g/mol. The lowest BCUT2D eigenvalue weighted by Gasteiger charge is -2.37. The second-order valence-corrected chi connectivity index (χ2v) is 7.65. The lowest BCUT2D eigenvalue weighted by Crippen LogP contribution is -2.47. The molecule has 0 aromatic heterocycles. The van der Waals surface area contributed by atoms with Gasteiger partial charge in [-0.05, 0) is 36.6 Å². The van der Waals surface area contributed by atoms with Crippen molar-refractivity contribution in [2.24, 2.45) is 0 Å². The molecule has 0 bridgehead atoms. The number of benzene rings is 1. The number of hydrogen-bond donors (Lipinski definition) is 1. The Bertz CT molecular complexity index is 505. The zero-order chi connectivity index (χ0) is 14.0. The van der Waals surface area contributed by atoms with Gasteiger partial charge >= 0.3 is 0 Å². The quantitative estimate of drug-likeness (QED) is 0.836. The normalized spacial score (nSPS) is 27.0. The molecule has 6 heteroatoms. The average molecular weight is 336 g/mol. The van der Waals surface area contributed by atoms with Gasteiger partial charge in [-0.3, -0.25) is 4.21 Å². The smallest absolute Gasteiger partial charge is 0.121 e. The summed E-state index contributed by atoms with van der Waals surface area (Å²) < 4.78 is 12.0. The van der Waals surface area contributed by atoms with Gasteiger partial charge in [0.1, 0.15) is 4.75 Å². The minimum Gasteiger partial charge on any atom is -0.381 e. The molecule has 2 rings (SSSR count). The summed E-state index contributed by atoms with van der Waals surface area (Å²) in [7, 11) is 0.711. The maximum absolute atomic E-state index is 12.6. The molecule has 0 spiro atoms. The van der Waals surface area contributed by atoms with Crippen LogP contribution < -0.4 is 5.32 Å². The Morgan fingerprint density at radius 2 is 1.95 bits per heavy atom. The molecule has 0 radical (unpaired) electrons. The largest absolute Gasteiger partial charge is 0.381 e. The van der Waals surface area contributed by atoms with E-state index in [1.54, 1.807) is 13.1 Å². The molecule has 1 heterocycles. The molecule has 1 aliphatic rings. The van der Waals surface area contributed by atoms with E-state index in [1.807, 2.05) is 12.1 Å². The lowest BCUT2D eigenvalue weighted by atomic mass is 9.91. The first-order chi connectivity index (χ1) is 9.00. The van der Waals surface area contributed by atoms with Crippen LogP contribution in [0.3, 0.4) is 0 Å². The van der Waals surface area contributed by atoms with E-state index >= 15 is 0 Å². The van der Waals surface area contributed by atoms with E-state index in [1.165, 1.54) is 0 Å². The third-order valence-corrected chi connectivity index (χ3v) is 6.62. The predicted molar refractivity (Wildman–Crippen MR) is 86.7 cm³/mol. The van der Waals surface area contributed by atoms with E-state index in [2.05, 4.69) is 5.32 Å². The topological polar surface area (TPSA) is 29.1 Å². The molecule has 1 aliphatic heterocycles. The van der Waals surface area contributed by atoms with Gasteiger partial charge in [-0.1, -0.05) is 41.8 Å². The Labute approximate surface area is 131 Å². The second-order valence-electron chi connectivity index (χ2n) is 4.57. The predicted octanol–water partition coefficient (Wildman–Crippen LogP) is 3.67. The van der Waals surface area contributed by atoms with E-state index < -0.39 is 15.5 Å². The van der Waals surface area contributed by atoms with Crippen molar-refractivity contribution >= 4 is 51.2 Å². The number of likely N-dealkylation sites (N-methyl/N-ethyl adjacent to an activating group) is 1. The number of rotatable bonds is 2. The monoisotopic (exact) mass is 335 g/mol. The van der Waals surface area contributed by atoms with Gasteiger partial charge in [-0.25, -0.2) is 0 Å². The first-order valence-electron chi connectivity index (χ1n) is 6.08. The van der Waals surface area contributed by atoms with Gasteiger partial charge in [0.05, 0.1) is 4.99 Å². The van der Waals surface area contributed by atoms with Gasteiger partial charge < -0.3 is 5.32 Å². The number of nitrogens with one attached hydrogen (secondary N) is 1. The van der Waals surface area contributed by atoms with Gasteiger partial charge in [0.15, 0.2) is 0 Å². The highest BCUT2D eigenvalue weighted by Gasteiger charge is 2.44. The number of halogens is 2. The molecule has 2 nitrogen and oxygen atoms in total. The van der Waals surface area contributed by atoms with Gasteiger partial charge in [-0.15, -0.1) is 0 Å². The summed E-state index contributed by atoms with van der Waals surface area (Å²) in [5.41, 5.74) is 0.849. The molecule has 1 saturated heterocycles. The number of hydrogen-bond acceptors (Lipinski definition) is 2. The summed E-state index contributed by atoms with van der Waals surface area (Å²) in [6.45, 7) is 0. The highest BCUT2D eigenvalue weighted by molar-refractivity contribution is 7.90. The zero-order valence-corrected chi connectivity index (χ0v) is 13.7. The molecule has 104 valence electrons. The summed E-state index contributed by atoms with van der Waals surface area (Å²) in [5.74, 6) is 0.659. The maximum atomic E-state index is 12.6.